The second-order valence-electron chi connectivity index (χ2n) is 4.73. The Morgan fingerprint density at radius 2 is 2.10 bits per heavy atom. The summed E-state index contributed by atoms with van der Waals surface area (Å²) in [4.78, 5) is 4.61. The number of fused-ring (bicyclic) bond motifs is 1. The number of thiocarbonyl (C=S) groups is 1. The molecule has 21 heavy (non-hydrogen) atoms. The van der Waals surface area contributed by atoms with E-state index in [1.54, 1.807) is 10.9 Å². The summed E-state index contributed by atoms with van der Waals surface area (Å²) in [6.07, 6.45) is 1.64. The molecular weight excluding hydrogens is 284 g/mol. The molecule has 1 aromatic carbocycles. The Balaban J connectivity index is 2.21. The third-order valence-electron chi connectivity index (χ3n) is 3.16. The summed E-state index contributed by atoms with van der Waals surface area (Å²) >= 11 is 5.10. The van der Waals surface area contributed by atoms with Crippen molar-refractivity contribution in [2.75, 3.05) is 0 Å². The van der Waals surface area contributed by atoms with Crippen molar-refractivity contribution in [3.8, 4) is 11.6 Å². The second kappa shape index (κ2) is 5.14. The maximum Gasteiger partial charge on any atom is 0.217 e. The molecule has 0 spiro atoms. The fourth-order valence-corrected chi connectivity index (χ4v) is 2.33. The summed E-state index contributed by atoms with van der Waals surface area (Å²) in [6.45, 7) is 1.91. The smallest absolute Gasteiger partial charge is 0.217 e. The molecular formula is C15H14N4OS. The molecule has 0 fully saturated rings. The minimum atomic E-state index is 0.252. The summed E-state index contributed by atoms with van der Waals surface area (Å²) in [5, 5.41) is 5.14. The topological polar surface area (TPSA) is 66.0 Å². The van der Waals surface area contributed by atoms with Crippen LogP contribution in [0.25, 0.3) is 10.9 Å². The lowest BCUT2D eigenvalue weighted by Crippen LogP contribution is -2.12. The molecule has 2 heterocycles. The molecule has 0 aliphatic rings. The lowest BCUT2D eigenvalue weighted by molar-refractivity contribution is 0.434. The molecule has 0 unspecified atom stereocenters. The van der Waals surface area contributed by atoms with Crippen molar-refractivity contribution in [3.05, 3.63) is 47.8 Å². The van der Waals surface area contributed by atoms with Crippen LogP contribution in [0.15, 0.2) is 36.5 Å². The van der Waals surface area contributed by atoms with Gasteiger partial charge in [-0.05, 0) is 19.1 Å². The normalized spacial score (nSPS) is 10.8. The van der Waals surface area contributed by atoms with Crippen LogP contribution in [-0.2, 0) is 7.05 Å². The fourth-order valence-electron chi connectivity index (χ4n) is 2.19. The monoisotopic (exact) mass is 298 g/mol. The predicted octanol–water partition coefficient (Wildman–Crippen LogP) is 2.70. The molecule has 6 heteroatoms. The van der Waals surface area contributed by atoms with Crippen molar-refractivity contribution in [1.29, 1.82) is 0 Å². The van der Waals surface area contributed by atoms with Crippen molar-refractivity contribution in [3.63, 3.8) is 0 Å². The van der Waals surface area contributed by atoms with Crippen LogP contribution in [0.4, 0.5) is 0 Å². The molecule has 2 N–H and O–H groups in total. The van der Waals surface area contributed by atoms with E-state index in [0.29, 0.717) is 17.2 Å². The number of nitrogens with zero attached hydrogens (tertiary/aromatic N) is 3. The van der Waals surface area contributed by atoms with E-state index in [1.807, 2.05) is 44.3 Å². The highest BCUT2D eigenvalue weighted by Crippen LogP contribution is 2.32. The zero-order chi connectivity index (χ0) is 15.0. The number of ether oxygens (including phenoxy) is 1. The molecule has 0 saturated carbocycles. The summed E-state index contributed by atoms with van der Waals surface area (Å²) in [5.41, 5.74) is 8.11. The molecule has 0 bridgehead atoms. The van der Waals surface area contributed by atoms with E-state index in [2.05, 4.69) is 10.1 Å². The molecule has 0 aliphatic carbocycles. The minimum Gasteiger partial charge on any atom is -0.438 e. The van der Waals surface area contributed by atoms with E-state index >= 15 is 0 Å². The Morgan fingerprint density at radius 3 is 2.76 bits per heavy atom. The molecule has 0 aliphatic heterocycles. The molecule has 0 saturated heterocycles. The van der Waals surface area contributed by atoms with Gasteiger partial charge in [0.15, 0.2) is 5.75 Å². The standard InChI is InChI=1S/C15H14N4OS/c1-9-7-13(19(2)18-9)20-14-10-5-3-4-6-12(10)17-8-11(14)15(16)21/h3-8H,1-2H3,(H2,16,21). The van der Waals surface area contributed by atoms with Crippen LogP contribution in [0.3, 0.4) is 0 Å². The summed E-state index contributed by atoms with van der Waals surface area (Å²) < 4.78 is 7.70. The largest absolute Gasteiger partial charge is 0.438 e. The number of aromatic nitrogens is 3. The Labute approximate surface area is 127 Å². The van der Waals surface area contributed by atoms with Crippen molar-refractivity contribution >= 4 is 28.1 Å². The molecule has 0 atom stereocenters. The van der Waals surface area contributed by atoms with Gasteiger partial charge in [-0.15, -0.1) is 0 Å². The number of para-hydroxylation sites is 1. The summed E-state index contributed by atoms with van der Waals surface area (Å²) in [6, 6.07) is 9.56. The van der Waals surface area contributed by atoms with E-state index in [1.165, 1.54) is 0 Å². The highest BCUT2D eigenvalue weighted by Gasteiger charge is 2.15. The number of rotatable bonds is 3. The zero-order valence-corrected chi connectivity index (χ0v) is 12.5. The highest BCUT2D eigenvalue weighted by atomic mass is 32.1. The average Bonchev–Trinajstić information content (AvgIpc) is 2.77. The number of hydrogen-bond acceptors (Lipinski definition) is 4. The molecule has 106 valence electrons. The quantitative estimate of drug-likeness (QED) is 0.753. The maximum absolute atomic E-state index is 6.03. The number of hydrogen-bond donors (Lipinski definition) is 1. The molecule has 0 radical (unpaired) electrons. The van der Waals surface area contributed by atoms with Crippen molar-refractivity contribution < 1.29 is 4.74 Å². The first kappa shape index (κ1) is 13.5. The molecule has 3 rings (SSSR count). The van der Waals surface area contributed by atoms with Gasteiger partial charge in [-0.2, -0.15) is 5.10 Å². The molecule has 5 nitrogen and oxygen atoms in total. The van der Waals surface area contributed by atoms with Crippen molar-refractivity contribution in [2.45, 2.75) is 6.92 Å². The first-order valence-electron chi connectivity index (χ1n) is 6.42. The average molecular weight is 298 g/mol. The summed E-state index contributed by atoms with van der Waals surface area (Å²) in [5.74, 6) is 1.23. The van der Waals surface area contributed by atoms with Crippen LogP contribution >= 0.6 is 12.2 Å². The number of pyridine rings is 1. The Kier molecular flexibility index (Phi) is 3.31. The van der Waals surface area contributed by atoms with Crippen LogP contribution in [0.2, 0.25) is 0 Å². The van der Waals surface area contributed by atoms with E-state index in [-0.39, 0.29) is 4.99 Å². The van der Waals surface area contributed by atoms with Gasteiger partial charge in [0.2, 0.25) is 5.88 Å². The minimum absolute atomic E-state index is 0.252. The van der Waals surface area contributed by atoms with E-state index in [9.17, 15) is 0 Å². The predicted molar refractivity (Wildman–Crippen MR) is 85.6 cm³/mol. The van der Waals surface area contributed by atoms with Gasteiger partial charge in [0.05, 0.1) is 16.8 Å². The van der Waals surface area contributed by atoms with Crippen LogP contribution in [0.1, 0.15) is 11.3 Å². The number of benzene rings is 1. The molecule has 0 amide bonds. The van der Waals surface area contributed by atoms with Crippen LogP contribution in [0.5, 0.6) is 11.6 Å². The van der Waals surface area contributed by atoms with Gasteiger partial charge in [0.1, 0.15) is 4.99 Å². The Bertz CT molecular complexity index is 841. The lowest BCUT2D eigenvalue weighted by Gasteiger charge is -2.12. The third-order valence-corrected chi connectivity index (χ3v) is 3.38. The van der Waals surface area contributed by atoms with E-state index in [4.69, 9.17) is 22.7 Å². The molecule has 2 aromatic heterocycles. The number of aryl methyl sites for hydroxylation is 2. The van der Waals surface area contributed by atoms with E-state index in [0.717, 1.165) is 16.6 Å². The zero-order valence-electron chi connectivity index (χ0n) is 11.7. The van der Waals surface area contributed by atoms with Crippen LogP contribution < -0.4 is 10.5 Å². The van der Waals surface area contributed by atoms with Gasteiger partial charge in [-0.1, -0.05) is 24.4 Å². The van der Waals surface area contributed by atoms with Gasteiger partial charge >= 0.3 is 0 Å². The van der Waals surface area contributed by atoms with E-state index < -0.39 is 0 Å². The van der Waals surface area contributed by atoms with Gasteiger partial charge in [0.25, 0.3) is 0 Å². The molecule has 3 aromatic rings. The summed E-state index contributed by atoms with van der Waals surface area (Å²) in [7, 11) is 1.83. The second-order valence-corrected chi connectivity index (χ2v) is 5.17. The number of nitrogens with two attached hydrogens (primary N) is 1. The Hall–Kier alpha value is -2.47. The van der Waals surface area contributed by atoms with Crippen molar-refractivity contribution in [1.82, 2.24) is 14.8 Å². The lowest BCUT2D eigenvalue weighted by atomic mass is 10.1. The van der Waals surface area contributed by atoms with Crippen molar-refractivity contribution in [2.24, 2.45) is 12.8 Å². The SMILES string of the molecule is Cc1cc(Oc2c(C(N)=S)cnc3ccccc23)n(C)n1. The van der Waals surface area contributed by atoms with Crippen LogP contribution in [-0.4, -0.2) is 19.8 Å². The van der Waals surface area contributed by atoms with Gasteiger partial charge < -0.3 is 10.5 Å². The Morgan fingerprint density at radius 1 is 1.33 bits per heavy atom. The third kappa shape index (κ3) is 2.45. The first-order chi connectivity index (χ1) is 10.1. The van der Waals surface area contributed by atoms with Gasteiger partial charge in [0, 0.05) is 24.7 Å². The highest BCUT2D eigenvalue weighted by molar-refractivity contribution is 7.80. The fraction of sp³-hybridized carbons (Fsp3) is 0.133. The first-order valence-corrected chi connectivity index (χ1v) is 6.83. The van der Waals surface area contributed by atoms with Gasteiger partial charge in [-0.3, -0.25) is 4.98 Å². The van der Waals surface area contributed by atoms with Crippen LogP contribution in [0, 0.1) is 6.92 Å². The maximum atomic E-state index is 6.03. The van der Waals surface area contributed by atoms with Gasteiger partial charge in [-0.25, -0.2) is 4.68 Å².